The summed E-state index contributed by atoms with van der Waals surface area (Å²) in [4.78, 5) is 0. The maximum atomic E-state index is 5.36. The Morgan fingerprint density at radius 2 is 2.40 bits per heavy atom. The van der Waals surface area contributed by atoms with Gasteiger partial charge < -0.3 is 14.2 Å². The lowest BCUT2D eigenvalue weighted by atomic mass is 10.4. The van der Waals surface area contributed by atoms with Crippen molar-refractivity contribution in [2.75, 3.05) is 26.9 Å². The monoisotopic (exact) mass is 146 g/mol. The van der Waals surface area contributed by atoms with Crippen LogP contribution in [-0.2, 0) is 14.2 Å². The van der Waals surface area contributed by atoms with E-state index < -0.39 is 0 Å². The lowest BCUT2D eigenvalue weighted by Gasteiger charge is -2.09. The fourth-order valence-electron chi connectivity index (χ4n) is 0.719. The molecule has 1 heterocycles. The highest BCUT2D eigenvalue weighted by Crippen LogP contribution is 2.09. The first kappa shape index (κ1) is 7.98. The Kier molecular flexibility index (Phi) is 3.12. The first-order chi connectivity index (χ1) is 4.83. The summed E-state index contributed by atoms with van der Waals surface area (Å²) in [7, 11) is 1.67. The Hall–Kier alpha value is -0.120. The molecule has 0 aliphatic carbocycles. The highest BCUT2D eigenvalue weighted by Gasteiger charge is 2.23. The van der Waals surface area contributed by atoms with Gasteiger partial charge >= 0.3 is 0 Å². The number of hydrogen-bond acceptors (Lipinski definition) is 3. The topological polar surface area (TPSA) is 31.0 Å². The second-order valence-electron chi connectivity index (χ2n) is 2.55. The van der Waals surface area contributed by atoms with Gasteiger partial charge in [0.2, 0.25) is 0 Å². The molecule has 0 saturated carbocycles. The normalized spacial score (nSPS) is 26.4. The number of rotatable bonds is 5. The van der Waals surface area contributed by atoms with E-state index in [-0.39, 0.29) is 6.10 Å². The summed E-state index contributed by atoms with van der Waals surface area (Å²) in [6, 6.07) is 0. The molecule has 1 saturated heterocycles. The molecule has 0 aromatic heterocycles. The third kappa shape index (κ3) is 3.15. The minimum absolute atomic E-state index is 0.189. The van der Waals surface area contributed by atoms with Gasteiger partial charge in [0.15, 0.2) is 0 Å². The Balaban J connectivity index is 1.89. The van der Waals surface area contributed by atoms with Gasteiger partial charge in [0.05, 0.1) is 25.9 Å². The van der Waals surface area contributed by atoms with E-state index in [1.54, 1.807) is 7.11 Å². The van der Waals surface area contributed by atoms with Crippen molar-refractivity contribution in [2.45, 2.75) is 19.1 Å². The summed E-state index contributed by atoms with van der Waals surface area (Å²) >= 11 is 0. The van der Waals surface area contributed by atoms with Gasteiger partial charge in [-0.1, -0.05) is 0 Å². The van der Waals surface area contributed by atoms with Crippen molar-refractivity contribution in [1.29, 1.82) is 0 Å². The number of methoxy groups -OCH3 is 1. The molecule has 1 rings (SSSR count). The third-order valence-corrected chi connectivity index (χ3v) is 1.37. The van der Waals surface area contributed by atoms with Crippen molar-refractivity contribution in [3.63, 3.8) is 0 Å². The molecule has 0 unspecified atom stereocenters. The summed E-state index contributed by atoms with van der Waals surface area (Å²) in [5.74, 6) is 0. The second-order valence-corrected chi connectivity index (χ2v) is 2.55. The van der Waals surface area contributed by atoms with Crippen LogP contribution < -0.4 is 0 Å². The smallest absolute Gasteiger partial charge is 0.104 e. The molecular weight excluding hydrogens is 132 g/mol. The van der Waals surface area contributed by atoms with Gasteiger partial charge in [0, 0.05) is 7.11 Å². The van der Waals surface area contributed by atoms with E-state index in [9.17, 15) is 0 Å². The molecule has 3 heteroatoms. The Morgan fingerprint density at radius 1 is 1.70 bits per heavy atom. The quantitative estimate of drug-likeness (QED) is 0.527. The molecule has 2 atom stereocenters. The maximum absolute atomic E-state index is 5.36. The molecule has 0 aromatic rings. The molecule has 0 bridgehead atoms. The number of hydrogen-bond donors (Lipinski definition) is 0. The molecule has 1 fully saturated rings. The van der Waals surface area contributed by atoms with Crippen molar-refractivity contribution in [2.24, 2.45) is 0 Å². The Labute approximate surface area is 61.3 Å². The maximum Gasteiger partial charge on any atom is 0.104 e. The van der Waals surface area contributed by atoms with Crippen molar-refractivity contribution in [3.8, 4) is 0 Å². The zero-order valence-corrected chi connectivity index (χ0v) is 6.50. The van der Waals surface area contributed by atoms with Gasteiger partial charge in [0.25, 0.3) is 0 Å². The van der Waals surface area contributed by atoms with Crippen LogP contribution in [0.2, 0.25) is 0 Å². The number of ether oxygens (including phenoxy) is 3. The summed E-state index contributed by atoms with van der Waals surface area (Å²) in [5, 5.41) is 0. The van der Waals surface area contributed by atoms with Crippen molar-refractivity contribution >= 4 is 0 Å². The van der Waals surface area contributed by atoms with Crippen LogP contribution >= 0.6 is 0 Å². The molecule has 10 heavy (non-hydrogen) atoms. The minimum Gasteiger partial charge on any atom is -0.382 e. The summed E-state index contributed by atoms with van der Waals surface area (Å²) in [6.07, 6.45) is 0.550. The highest BCUT2D eigenvalue weighted by molar-refractivity contribution is 4.67. The lowest BCUT2D eigenvalue weighted by Crippen LogP contribution is -2.17. The SMILES string of the molecule is COC[C@H](C)OC[C@H]1CO1. The van der Waals surface area contributed by atoms with Crippen LogP contribution in [-0.4, -0.2) is 39.1 Å². The molecule has 60 valence electrons. The van der Waals surface area contributed by atoms with Gasteiger partial charge in [-0.25, -0.2) is 0 Å². The molecule has 0 N–H and O–H groups in total. The zero-order valence-electron chi connectivity index (χ0n) is 6.50. The van der Waals surface area contributed by atoms with E-state index in [1.165, 1.54) is 0 Å². The van der Waals surface area contributed by atoms with Gasteiger partial charge in [-0.05, 0) is 6.92 Å². The summed E-state index contributed by atoms with van der Waals surface area (Å²) in [6.45, 7) is 4.23. The van der Waals surface area contributed by atoms with Gasteiger partial charge in [-0.2, -0.15) is 0 Å². The Morgan fingerprint density at radius 3 is 2.90 bits per heavy atom. The molecule has 1 aliphatic heterocycles. The molecule has 0 aromatic carbocycles. The van der Waals surface area contributed by atoms with Crippen LogP contribution in [0.3, 0.4) is 0 Å². The van der Waals surface area contributed by atoms with Crippen LogP contribution in [0.15, 0.2) is 0 Å². The molecule has 3 nitrogen and oxygen atoms in total. The second kappa shape index (κ2) is 3.91. The van der Waals surface area contributed by atoms with Crippen LogP contribution in [0.1, 0.15) is 6.92 Å². The number of epoxide rings is 1. The fourth-order valence-corrected chi connectivity index (χ4v) is 0.719. The van der Waals surface area contributed by atoms with Crippen molar-refractivity contribution in [1.82, 2.24) is 0 Å². The first-order valence-corrected chi connectivity index (χ1v) is 3.55. The van der Waals surface area contributed by atoms with Crippen LogP contribution in [0.25, 0.3) is 0 Å². The van der Waals surface area contributed by atoms with E-state index >= 15 is 0 Å². The minimum atomic E-state index is 0.189. The summed E-state index contributed by atoms with van der Waals surface area (Å²) < 4.78 is 15.2. The van der Waals surface area contributed by atoms with Crippen LogP contribution in [0.5, 0.6) is 0 Å². The van der Waals surface area contributed by atoms with Crippen molar-refractivity contribution in [3.05, 3.63) is 0 Å². The third-order valence-electron chi connectivity index (χ3n) is 1.37. The van der Waals surface area contributed by atoms with E-state index in [0.717, 1.165) is 6.61 Å². The molecule has 0 amide bonds. The first-order valence-electron chi connectivity index (χ1n) is 3.55. The average molecular weight is 146 g/mol. The molecule has 0 radical (unpaired) electrons. The average Bonchev–Trinajstić information content (AvgIpc) is 2.67. The highest BCUT2D eigenvalue weighted by atomic mass is 16.6. The van der Waals surface area contributed by atoms with E-state index in [1.807, 2.05) is 6.92 Å². The predicted octanol–water partition coefficient (Wildman–Crippen LogP) is 0.437. The summed E-state index contributed by atoms with van der Waals surface area (Å²) in [5.41, 5.74) is 0. The predicted molar refractivity (Wildman–Crippen MR) is 37.0 cm³/mol. The van der Waals surface area contributed by atoms with Crippen LogP contribution in [0.4, 0.5) is 0 Å². The standard InChI is InChI=1S/C7H14O3/c1-6(3-8-2)9-4-7-5-10-7/h6-7H,3-5H2,1-2H3/t6-,7-/m0/s1. The zero-order chi connectivity index (χ0) is 7.40. The van der Waals surface area contributed by atoms with E-state index in [0.29, 0.717) is 19.3 Å². The lowest BCUT2D eigenvalue weighted by molar-refractivity contribution is 0.00298. The molecule has 1 aliphatic rings. The van der Waals surface area contributed by atoms with E-state index in [2.05, 4.69) is 0 Å². The van der Waals surface area contributed by atoms with Gasteiger partial charge in [0.1, 0.15) is 6.10 Å². The van der Waals surface area contributed by atoms with Crippen LogP contribution in [0, 0.1) is 0 Å². The van der Waals surface area contributed by atoms with Gasteiger partial charge in [-0.3, -0.25) is 0 Å². The van der Waals surface area contributed by atoms with E-state index in [4.69, 9.17) is 14.2 Å². The van der Waals surface area contributed by atoms with Gasteiger partial charge in [-0.15, -0.1) is 0 Å². The molecular formula is C7H14O3. The Bertz CT molecular complexity index is 90.9. The fraction of sp³-hybridized carbons (Fsp3) is 1.00. The van der Waals surface area contributed by atoms with Crippen molar-refractivity contribution < 1.29 is 14.2 Å². The molecule has 0 spiro atoms. The largest absolute Gasteiger partial charge is 0.382 e.